The van der Waals surface area contributed by atoms with Crippen molar-refractivity contribution in [3.8, 4) is 0 Å². The van der Waals surface area contributed by atoms with Gasteiger partial charge < -0.3 is 10.6 Å². The number of carbonyl (C=O) groups excluding carboxylic acids is 1. The van der Waals surface area contributed by atoms with Gasteiger partial charge in [0, 0.05) is 39.3 Å². The number of H-pyrrole nitrogens is 1. The van der Waals surface area contributed by atoms with Crippen LogP contribution in [0.25, 0.3) is 5.78 Å². The number of aromatic amines is 1. The van der Waals surface area contributed by atoms with Gasteiger partial charge >= 0.3 is 0 Å². The predicted molar refractivity (Wildman–Crippen MR) is 74.7 cm³/mol. The fraction of sp³-hybridized carbons (Fsp3) is 0.500. The molecule has 2 aromatic heterocycles. The van der Waals surface area contributed by atoms with Crippen LogP contribution < -0.4 is 16.2 Å². The number of piperazine rings is 1. The number of carbonyl (C=O) groups is 1. The number of fused-ring (bicyclic) bond motifs is 1. The summed E-state index contributed by atoms with van der Waals surface area (Å²) in [5.41, 5.74) is 0.405. The van der Waals surface area contributed by atoms with Crippen molar-refractivity contribution in [1.29, 1.82) is 0 Å². The second-order valence-electron chi connectivity index (χ2n) is 4.91. The molecule has 1 amide bonds. The number of nitrogens with one attached hydrogen (secondary N) is 3. The quantitative estimate of drug-likeness (QED) is 0.600. The molecule has 1 aliphatic rings. The van der Waals surface area contributed by atoms with E-state index in [0.717, 1.165) is 13.1 Å². The summed E-state index contributed by atoms with van der Waals surface area (Å²) in [5.74, 6) is 0.295. The maximum Gasteiger partial charge on any atom is 0.274 e. The third-order valence-electron chi connectivity index (χ3n) is 3.59. The van der Waals surface area contributed by atoms with Gasteiger partial charge in [0.2, 0.25) is 5.91 Å². The zero-order chi connectivity index (χ0) is 14.8. The molecular formula is C12H17N7O2. The predicted octanol–water partition coefficient (Wildman–Crippen LogP) is -2.06. The van der Waals surface area contributed by atoms with E-state index in [4.69, 9.17) is 0 Å². The topological polar surface area (TPSA) is 107 Å². The van der Waals surface area contributed by atoms with Crippen molar-refractivity contribution in [2.75, 3.05) is 26.7 Å². The van der Waals surface area contributed by atoms with E-state index in [-0.39, 0.29) is 17.5 Å². The minimum absolute atomic E-state index is 0.0419. The highest BCUT2D eigenvalue weighted by Gasteiger charge is 2.28. The Morgan fingerprint density at radius 2 is 2.43 bits per heavy atom. The van der Waals surface area contributed by atoms with E-state index in [1.165, 1.54) is 16.9 Å². The first kappa shape index (κ1) is 13.7. The van der Waals surface area contributed by atoms with Crippen LogP contribution in [0, 0.1) is 0 Å². The molecule has 0 aromatic carbocycles. The summed E-state index contributed by atoms with van der Waals surface area (Å²) < 4.78 is 1.28. The minimum Gasteiger partial charge on any atom is -0.358 e. The molecule has 0 bridgehead atoms. The van der Waals surface area contributed by atoms with Gasteiger partial charge in [-0.25, -0.2) is 9.97 Å². The second kappa shape index (κ2) is 5.62. The largest absolute Gasteiger partial charge is 0.358 e. The van der Waals surface area contributed by atoms with Crippen LogP contribution in [0.15, 0.2) is 17.2 Å². The first-order valence-electron chi connectivity index (χ1n) is 6.77. The molecule has 9 nitrogen and oxygen atoms in total. The number of rotatable bonds is 3. The van der Waals surface area contributed by atoms with Crippen LogP contribution >= 0.6 is 0 Å². The molecule has 0 saturated carbocycles. The molecule has 0 radical (unpaired) electrons. The Labute approximate surface area is 120 Å². The van der Waals surface area contributed by atoms with Crippen LogP contribution in [-0.2, 0) is 11.3 Å². The van der Waals surface area contributed by atoms with Crippen LogP contribution in [0.5, 0.6) is 0 Å². The molecule has 1 aliphatic heterocycles. The average molecular weight is 291 g/mol. The highest BCUT2D eigenvalue weighted by Crippen LogP contribution is 2.08. The average Bonchev–Trinajstić information content (AvgIpc) is 2.96. The molecule has 3 rings (SSSR count). The van der Waals surface area contributed by atoms with Crippen molar-refractivity contribution < 1.29 is 4.79 Å². The van der Waals surface area contributed by atoms with E-state index >= 15 is 0 Å². The Kier molecular flexibility index (Phi) is 3.67. The van der Waals surface area contributed by atoms with Crippen molar-refractivity contribution in [1.82, 2.24) is 35.1 Å². The number of likely N-dealkylation sites (N-methyl/N-ethyl adjacent to an activating group) is 1. The Hall–Kier alpha value is -2.26. The SMILES string of the molecule is CNC(=O)C1CNCCN1Cc1cc(=O)n2[nH]cnc2n1. The van der Waals surface area contributed by atoms with Crippen molar-refractivity contribution in [3.63, 3.8) is 0 Å². The molecule has 0 aliphatic carbocycles. The highest BCUT2D eigenvalue weighted by molar-refractivity contribution is 5.81. The fourth-order valence-corrected chi connectivity index (χ4v) is 2.52. The van der Waals surface area contributed by atoms with E-state index in [1.807, 2.05) is 4.90 Å². The first-order valence-corrected chi connectivity index (χ1v) is 6.77. The van der Waals surface area contributed by atoms with E-state index in [9.17, 15) is 9.59 Å². The molecule has 9 heteroatoms. The standard InChI is InChI=1S/C12H17N7O2/c1-13-11(21)9-5-14-2-3-18(9)6-8-4-10(20)19-12(17-8)15-7-16-19/h4,7,9,14H,2-3,5-6H2,1H3,(H,13,21)(H,15,16,17). The smallest absolute Gasteiger partial charge is 0.274 e. The lowest BCUT2D eigenvalue weighted by atomic mass is 10.1. The van der Waals surface area contributed by atoms with Crippen molar-refractivity contribution in [2.45, 2.75) is 12.6 Å². The summed E-state index contributed by atoms with van der Waals surface area (Å²) in [5, 5.41) is 8.56. The van der Waals surface area contributed by atoms with Gasteiger partial charge in [-0.1, -0.05) is 0 Å². The zero-order valence-corrected chi connectivity index (χ0v) is 11.7. The molecular weight excluding hydrogens is 274 g/mol. The van der Waals surface area contributed by atoms with Crippen LogP contribution in [-0.4, -0.2) is 63.1 Å². The third kappa shape index (κ3) is 2.65. The van der Waals surface area contributed by atoms with E-state index in [0.29, 0.717) is 24.6 Å². The minimum atomic E-state index is -0.261. The Bertz CT molecular complexity index is 707. The summed E-state index contributed by atoms with van der Waals surface area (Å²) in [6.07, 6.45) is 1.42. The van der Waals surface area contributed by atoms with Gasteiger partial charge in [0.1, 0.15) is 12.4 Å². The molecule has 21 heavy (non-hydrogen) atoms. The van der Waals surface area contributed by atoms with Gasteiger partial charge in [-0.05, 0) is 0 Å². The lowest BCUT2D eigenvalue weighted by molar-refractivity contribution is -0.126. The van der Waals surface area contributed by atoms with Crippen molar-refractivity contribution in [3.05, 3.63) is 28.4 Å². The Morgan fingerprint density at radius 3 is 3.24 bits per heavy atom. The second-order valence-corrected chi connectivity index (χ2v) is 4.91. The van der Waals surface area contributed by atoms with Gasteiger partial charge in [-0.15, -0.1) is 0 Å². The number of hydrogen-bond donors (Lipinski definition) is 3. The van der Waals surface area contributed by atoms with Gasteiger partial charge in [0.15, 0.2) is 0 Å². The van der Waals surface area contributed by atoms with Gasteiger partial charge in [-0.3, -0.25) is 19.6 Å². The number of aromatic nitrogens is 4. The van der Waals surface area contributed by atoms with Gasteiger partial charge in [0.05, 0.1) is 5.69 Å². The van der Waals surface area contributed by atoms with Crippen molar-refractivity contribution >= 4 is 11.7 Å². The van der Waals surface area contributed by atoms with E-state index < -0.39 is 0 Å². The summed E-state index contributed by atoms with van der Waals surface area (Å²) in [7, 11) is 1.62. The van der Waals surface area contributed by atoms with Gasteiger partial charge in [-0.2, -0.15) is 4.52 Å². The van der Waals surface area contributed by atoms with Crippen LogP contribution in [0.2, 0.25) is 0 Å². The summed E-state index contributed by atoms with van der Waals surface area (Å²) in [6.45, 7) is 2.55. The van der Waals surface area contributed by atoms with Crippen LogP contribution in [0.3, 0.4) is 0 Å². The number of amides is 1. The van der Waals surface area contributed by atoms with E-state index in [1.54, 1.807) is 7.05 Å². The lowest BCUT2D eigenvalue weighted by Crippen LogP contribution is -2.57. The van der Waals surface area contributed by atoms with Crippen LogP contribution in [0.1, 0.15) is 5.69 Å². The number of nitrogens with zero attached hydrogens (tertiary/aromatic N) is 4. The summed E-state index contributed by atoms with van der Waals surface area (Å²) in [4.78, 5) is 34.2. The fourth-order valence-electron chi connectivity index (χ4n) is 2.52. The molecule has 2 aromatic rings. The molecule has 112 valence electrons. The molecule has 0 spiro atoms. The third-order valence-corrected chi connectivity index (χ3v) is 3.59. The molecule has 3 N–H and O–H groups in total. The Balaban J connectivity index is 1.85. The number of hydrogen-bond acceptors (Lipinski definition) is 6. The monoisotopic (exact) mass is 291 g/mol. The maximum atomic E-state index is 11.9. The summed E-state index contributed by atoms with van der Waals surface area (Å²) >= 11 is 0. The lowest BCUT2D eigenvalue weighted by Gasteiger charge is -2.34. The molecule has 1 saturated heterocycles. The molecule has 1 unspecified atom stereocenters. The van der Waals surface area contributed by atoms with E-state index in [2.05, 4.69) is 25.7 Å². The van der Waals surface area contributed by atoms with Crippen LogP contribution in [0.4, 0.5) is 0 Å². The highest BCUT2D eigenvalue weighted by atomic mass is 16.2. The summed E-state index contributed by atoms with van der Waals surface area (Å²) in [6, 6.07) is 1.21. The maximum absolute atomic E-state index is 11.9. The molecule has 1 atom stereocenters. The zero-order valence-electron chi connectivity index (χ0n) is 11.7. The normalized spacial score (nSPS) is 19.8. The molecule has 3 heterocycles. The first-order chi connectivity index (χ1) is 10.2. The molecule has 1 fully saturated rings. The van der Waals surface area contributed by atoms with Gasteiger partial charge in [0.25, 0.3) is 11.3 Å². The Morgan fingerprint density at radius 1 is 1.57 bits per heavy atom. The van der Waals surface area contributed by atoms with Crippen molar-refractivity contribution in [2.24, 2.45) is 0 Å².